The van der Waals surface area contributed by atoms with Gasteiger partial charge >= 0.3 is 0 Å². The minimum absolute atomic E-state index is 0.0643. The van der Waals surface area contributed by atoms with Crippen LogP contribution in [-0.4, -0.2) is 16.2 Å². The molecule has 1 saturated carbocycles. The number of aromatic amines is 1. The summed E-state index contributed by atoms with van der Waals surface area (Å²) < 4.78 is 0. The molecule has 2 N–H and O–H groups in total. The quantitative estimate of drug-likeness (QED) is 0.815. The first-order valence-corrected chi connectivity index (χ1v) is 6.48. The largest absolute Gasteiger partial charge is 0.393 e. The number of aryl methyl sites for hydroxylation is 1. The molecule has 0 spiro atoms. The molecule has 2 atom stereocenters. The molecule has 1 fully saturated rings. The van der Waals surface area contributed by atoms with E-state index in [1.165, 1.54) is 28.6 Å². The van der Waals surface area contributed by atoms with Gasteiger partial charge in [-0.2, -0.15) is 0 Å². The lowest BCUT2D eigenvalue weighted by Gasteiger charge is -2.09. The van der Waals surface area contributed by atoms with Crippen LogP contribution in [0.1, 0.15) is 30.5 Å². The number of aromatic nitrogens is 1. The van der Waals surface area contributed by atoms with E-state index in [4.69, 9.17) is 0 Å². The Bertz CT molecular complexity index is 529. The van der Waals surface area contributed by atoms with E-state index >= 15 is 0 Å². The molecular formula is C15H19NO. The van der Waals surface area contributed by atoms with Gasteiger partial charge in [0.05, 0.1) is 6.10 Å². The Balaban J connectivity index is 1.91. The van der Waals surface area contributed by atoms with Crippen LogP contribution in [0.3, 0.4) is 0 Å². The molecule has 1 aliphatic carbocycles. The van der Waals surface area contributed by atoms with E-state index < -0.39 is 0 Å². The lowest BCUT2D eigenvalue weighted by molar-refractivity contribution is 0.177. The lowest BCUT2D eigenvalue weighted by atomic mass is 9.96. The number of benzene rings is 1. The fourth-order valence-electron chi connectivity index (χ4n) is 3.12. The summed E-state index contributed by atoms with van der Waals surface area (Å²) in [6, 6.07) is 8.50. The van der Waals surface area contributed by atoms with E-state index in [2.05, 4.69) is 36.2 Å². The summed E-state index contributed by atoms with van der Waals surface area (Å²) in [5.41, 5.74) is 3.96. The van der Waals surface area contributed by atoms with Gasteiger partial charge in [-0.15, -0.1) is 0 Å². The van der Waals surface area contributed by atoms with Crippen LogP contribution in [0.2, 0.25) is 0 Å². The van der Waals surface area contributed by atoms with Crippen LogP contribution < -0.4 is 0 Å². The first-order valence-electron chi connectivity index (χ1n) is 6.48. The Hall–Kier alpha value is -1.28. The Morgan fingerprint density at radius 2 is 2.12 bits per heavy atom. The van der Waals surface area contributed by atoms with Gasteiger partial charge in [0.15, 0.2) is 0 Å². The molecule has 90 valence electrons. The van der Waals surface area contributed by atoms with Crippen LogP contribution in [0, 0.1) is 12.8 Å². The predicted octanol–water partition coefficient (Wildman–Crippen LogP) is 3.18. The molecule has 0 radical (unpaired) electrons. The van der Waals surface area contributed by atoms with Gasteiger partial charge in [-0.1, -0.05) is 18.2 Å². The molecule has 2 aromatic rings. The molecule has 1 aromatic heterocycles. The van der Waals surface area contributed by atoms with Gasteiger partial charge in [0, 0.05) is 16.6 Å². The molecule has 3 rings (SSSR count). The van der Waals surface area contributed by atoms with Gasteiger partial charge in [0.25, 0.3) is 0 Å². The number of aliphatic hydroxyl groups excluding tert-OH is 1. The van der Waals surface area contributed by atoms with Crippen molar-refractivity contribution in [3.05, 3.63) is 35.5 Å². The van der Waals surface area contributed by atoms with E-state index in [0.717, 1.165) is 19.3 Å². The summed E-state index contributed by atoms with van der Waals surface area (Å²) >= 11 is 0. The SMILES string of the molecule is Cc1[nH]c2ccccc2c1C[C@@H]1CC[C@H](O)C1. The molecule has 1 aliphatic rings. The normalized spacial score (nSPS) is 24.6. The maximum atomic E-state index is 9.60. The molecule has 0 saturated heterocycles. The zero-order chi connectivity index (χ0) is 11.8. The molecule has 0 aliphatic heterocycles. The van der Waals surface area contributed by atoms with Crippen LogP contribution >= 0.6 is 0 Å². The summed E-state index contributed by atoms with van der Waals surface area (Å²) in [4.78, 5) is 3.45. The standard InChI is InChI=1S/C15H19NO/c1-10-14(9-11-6-7-12(17)8-11)13-4-2-3-5-15(13)16-10/h2-5,11-12,16-17H,6-9H2,1H3/t11-,12+/m1/s1. The molecule has 1 heterocycles. The zero-order valence-corrected chi connectivity index (χ0v) is 10.2. The van der Waals surface area contributed by atoms with Gasteiger partial charge in [-0.05, 0) is 50.2 Å². The number of rotatable bonds is 2. The summed E-state index contributed by atoms with van der Waals surface area (Å²) in [5.74, 6) is 0.655. The highest BCUT2D eigenvalue weighted by Gasteiger charge is 2.24. The Kier molecular flexibility index (Phi) is 2.67. The maximum Gasteiger partial charge on any atom is 0.0543 e. The highest BCUT2D eigenvalue weighted by atomic mass is 16.3. The monoisotopic (exact) mass is 229 g/mol. The second kappa shape index (κ2) is 4.19. The van der Waals surface area contributed by atoms with Crippen LogP contribution in [0.15, 0.2) is 24.3 Å². The third-order valence-electron chi connectivity index (χ3n) is 4.03. The third-order valence-corrected chi connectivity index (χ3v) is 4.03. The van der Waals surface area contributed by atoms with Crippen molar-refractivity contribution in [1.29, 1.82) is 0 Å². The van der Waals surface area contributed by atoms with E-state index in [0.29, 0.717) is 5.92 Å². The predicted molar refractivity (Wildman–Crippen MR) is 70.1 cm³/mol. The number of aliphatic hydroxyl groups is 1. The average molecular weight is 229 g/mol. The Morgan fingerprint density at radius 3 is 2.88 bits per heavy atom. The lowest BCUT2D eigenvalue weighted by Crippen LogP contribution is -2.03. The molecule has 17 heavy (non-hydrogen) atoms. The van der Waals surface area contributed by atoms with Gasteiger partial charge in [-0.3, -0.25) is 0 Å². The first-order chi connectivity index (χ1) is 8.24. The molecule has 0 bridgehead atoms. The summed E-state index contributed by atoms with van der Waals surface area (Å²) in [6.07, 6.45) is 4.16. The van der Waals surface area contributed by atoms with Crippen molar-refractivity contribution in [2.75, 3.05) is 0 Å². The van der Waals surface area contributed by atoms with E-state index in [1.807, 2.05) is 0 Å². The highest BCUT2D eigenvalue weighted by Crippen LogP contribution is 2.32. The second-order valence-electron chi connectivity index (χ2n) is 5.31. The fraction of sp³-hybridized carbons (Fsp3) is 0.467. The third kappa shape index (κ3) is 1.98. The topological polar surface area (TPSA) is 36.0 Å². The van der Waals surface area contributed by atoms with Crippen molar-refractivity contribution >= 4 is 10.9 Å². The minimum atomic E-state index is -0.0643. The van der Waals surface area contributed by atoms with Gasteiger partial charge < -0.3 is 10.1 Å². The minimum Gasteiger partial charge on any atom is -0.393 e. The number of para-hydroxylation sites is 1. The summed E-state index contributed by atoms with van der Waals surface area (Å²) in [7, 11) is 0. The Morgan fingerprint density at radius 1 is 1.29 bits per heavy atom. The molecule has 1 aromatic carbocycles. The fourth-order valence-corrected chi connectivity index (χ4v) is 3.12. The highest BCUT2D eigenvalue weighted by molar-refractivity contribution is 5.84. The first kappa shape index (κ1) is 10.8. The number of hydrogen-bond donors (Lipinski definition) is 2. The van der Waals surface area contributed by atoms with Crippen LogP contribution in [-0.2, 0) is 6.42 Å². The van der Waals surface area contributed by atoms with Gasteiger partial charge in [-0.25, -0.2) is 0 Å². The molecule has 2 heteroatoms. The Labute approximate surface area is 102 Å². The number of hydrogen-bond acceptors (Lipinski definition) is 1. The van der Waals surface area contributed by atoms with Gasteiger partial charge in [0.2, 0.25) is 0 Å². The molecular weight excluding hydrogens is 210 g/mol. The summed E-state index contributed by atoms with van der Waals surface area (Å²) in [5, 5.41) is 11.0. The van der Waals surface area contributed by atoms with Crippen LogP contribution in [0.4, 0.5) is 0 Å². The number of fused-ring (bicyclic) bond motifs is 1. The second-order valence-corrected chi connectivity index (χ2v) is 5.31. The zero-order valence-electron chi connectivity index (χ0n) is 10.2. The van der Waals surface area contributed by atoms with Gasteiger partial charge in [0.1, 0.15) is 0 Å². The van der Waals surface area contributed by atoms with Crippen molar-refractivity contribution in [1.82, 2.24) is 4.98 Å². The van der Waals surface area contributed by atoms with E-state index in [-0.39, 0.29) is 6.10 Å². The number of nitrogens with one attached hydrogen (secondary N) is 1. The summed E-state index contributed by atoms with van der Waals surface area (Å²) in [6.45, 7) is 2.15. The average Bonchev–Trinajstić information content (AvgIpc) is 2.85. The number of H-pyrrole nitrogens is 1. The van der Waals surface area contributed by atoms with Crippen LogP contribution in [0.25, 0.3) is 10.9 Å². The van der Waals surface area contributed by atoms with Crippen molar-refractivity contribution in [3.63, 3.8) is 0 Å². The molecule has 0 unspecified atom stereocenters. The smallest absolute Gasteiger partial charge is 0.0543 e. The molecule has 2 nitrogen and oxygen atoms in total. The van der Waals surface area contributed by atoms with Crippen molar-refractivity contribution in [2.24, 2.45) is 5.92 Å². The van der Waals surface area contributed by atoms with Crippen LogP contribution in [0.5, 0.6) is 0 Å². The van der Waals surface area contributed by atoms with Crippen molar-refractivity contribution < 1.29 is 5.11 Å². The van der Waals surface area contributed by atoms with Crippen molar-refractivity contribution in [3.8, 4) is 0 Å². The van der Waals surface area contributed by atoms with Crippen molar-refractivity contribution in [2.45, 2.75) is 38.7 Å². The molecule has 0 amide bonds. The van der Waals surface area contributed by atoms with E-state index in [9.17, 15) is 5.11 Å². The van der Waals surface area contributed by atoms with E-state index in [1.54, 1.807) is 0 Å². The maximum absolute atomic E-state index is 9.60.